The molecule has 0 spiro atoms. The van der Waals surface area contributed by atoms with Crippen LogP contribution in [-0.4, -0.2) is 20.9 Å². The zero-order valence-corrected chi connectivity index (χ0v) is 11.5. The molecular weight excluding hydrogens is 264 g/mol. The summed E-state index contributed by atoms with van der Waals surface area (Å²) in [7, 11) is 0. The van der Waals surface area contributed by atoms with E-state index >= 15 is 0 Å². The van der Waals surface area contributed by atoms with Crippen LogP contribution in [0.4, 0.5) is 5.95 Å². The second-order valence-corrected chi connectivity index (χ2v) is 4.83. The van der Waals surface area contributed by atoms with Gasteiger partial charge in [-0.25, -0.2) is 9.97 Å². The van der Waals surface area contributed by atoms with Gasteiger partial charge in [-0.05, 0) is 30.5 Å². The smallest absolute Gasteiger partial charge is 0.229 e. The molecule has 3 rings (SSSR count). The van der Waals surface area contributed by atoms with Gasteiger partial charge in [0.25, 0.3) is 0 Å². The Balaban J connectivity index is 1.53. The van der Waals surface area contributed by atoms with Crippen LogP contribution in [0.5, 0.6) is 0 Å². The number of aromatic nitrogens is 3. The molecule has 0 fully saturated rings. The first-order chi connectivity index (χ1) is 10.3. The summed E-state index contributed by atoms with van der Waals surface area (Å²) in [6, 6.07) is 9.90. The number of carbonyl (C=O) groups is 1. The number of benzene rings is 1. The van der Waals surface area contributed by atoms with Gasteiger partial charge in [0, 0.05) is 35.9 Å². The highest BCUT2D eigenvalue weighted by molar-refractivity contribution is 5.89. The third kappa shape index (κ3) is 3.25. The van der Waals surface area contributed by atoms with E-state index in [0.717, 1.165) is 18.4 Å². The summed E-state index contributed by atoms with van der Waals surface area (Å²) in [5.74, 6) is 0.302. The predicted molar refractivity (Wildman–Crippen MR) is 81.9 cm³/mol. The van der Waals surface area contributed by atoms with Crippen LogP contribution < -0.4 is 5.32 Å². The number of nitrogens with one attached hydrogen (secondary N) is 2. The van der Waals surface area contributed by atoms with E-state index in [1.54, 1.807) is 18.5 Å². The maximum absolute atomic E-state index is 11.8. The van der Waals surface area contributed by atoms with Gasteiger partial charge < -0.3 is 4.98 Å². The number of aryl methyl sites for hydroxylation is 1. The zero-order valence-electron chi connectivity index (χ0n) is 11.5. The fraction of sp³-hybridized carbons (Fsp3) is 0.188. The van der Waals surface area contributed by atoms with Crippen molar-refractivity contribution in [1.82, 2.24) is 15.0 Å². The number of rotatable bonds is 5. The molecule has 2 aromatic heterocycles. The minimum atomic E-state index is -0.0546. The topological polar surface area (TPSA) is 70.7 Å². The quantitative estimate of drug-likeness (QED) is 0.755. The summed E-state index contributed by atoms with van der Waals surface area (Å²) in [5, 5.41) is 3.92. The largest absolute Gasteiger partial charge is 0.361 e. The summed E-state index contributed by atoms with van der Waals surface area (Å²) in [6.45, 7) is 0. The average Bonchev–Trinajstić information content (AvgIpc) is 2.92. The first-order valence-corrected chi connectivity index (χ1v) is 6.95. The summed E-state index contributed by atoms with van der Waals surface area (Å²) >= 11 is 0. The third-order valence-electron chi connectivity index (χ3n) is 3.34. The van der Waals surface area contributed by atoms with Gasteiger partial charge >= 0.3 is 0 Å². The molecule has 1 aromatic carbocycles. The Morgan fingerprint density at radius 1 is 1.14 bits per heavy atom. The number of para-hydroxylation sites is 1. The summed E-state index contributed by atoms with van der Waals surface area (Å²) in [6.07, 6.45) is 7.34. The highest BCUT2D eigenvalue weighted by Gasteiger charge is 2.06. The zero-order chi connectivity index (χ0) is 14.5. The van der Waals surface area contributed by atoms with Crippen molar-refractivity contribution in [3.05, 3.63) is 54.5 Å². The molecule has 0 radical (unpaired) electrons. The fourth-order valence-corrected chi connectivity index (χ4v) is 2.33. The van der Waals surface area contributed by atoms with Crippen LogP contribution in [-0.2, 0) is 11.2 Å². The van der Waals surface area contributed by atoms with E-state index in [1.807, 2.05) is 18.3 Å². The third-order valence-corrected chi connectivity index (χ3v) is 3.34. The van der Waals surface area contributed by atoms with Crippen molar-refractivity contribution in [1.29, 1.82) is 0 Å². The molecular formula is C16H16N4O. The maximum atomic E-state index is 11.8. The molecule has 2 N–H and O–H groups in total. The Morgan fingerprint density at radius 2 is 1.95 bits per heavy atom. The summed E-state index contributed by atoms with van der Waals surface area (Å²) in [5.41, 5.74) is 2.38. The lowest BCUT2D eigenvalue weighted by atomic mass is 10.1. The van der Waals surface area contributed by atoms with E-state index in [2.05, 4.69) is 32.4 Å². The SMILES string of the molecule is O=C(CCCc1c[nH]c2ccccc12)Nc1ncccn1. The molecule has 0 atom stereocenters. The number of H-pyrrole nitrogens is 1. The number of carbonyl (C=O) groups excluding carboxylic acids is 1. The molecule has 1 amide bonds. The monoisotopic (exact) mass is 280 g/mol. The van der Waals surface area contributed by atoms with Gasteiger partial charge in [-0.3, -0.25) is 10.1 Å². The molecule has 0 bridgehead atoms. The number of fused-ring (bicyclic) bond motifs is 1. The number of hydrogen-bond acceptors (Lipinski definition) is 3. The van der Waals surface area contributed by atoms with Crippen molar-refractivity contribution >= 4 is 22.8 Å². The Hall–Kier alpha value is -2.69. The standard InChI is InChI=1S/C16H16N4O/c21-15(20-16-17-9-4-10-18-16)8-3-5-12-11-19-14-7-2-1-6-13(12)14/h1-2,4,6-7,9-11,19H,3,5,8H2,(H,17,18,20,21). The van der Waals surface area contributed by atoms with E-state index in [1.165, 1.54) is 10.9 Å². The van der Waals surface area contributed by atoms with E-state index in [-0.39, 0.29) is 5.91 Å². The molecule has 106 valence electrons. The van der Waals surface area contributed by atoms with Gasteiger partial charge in [-0.2, -0.15) is 0 Å². The van der Waals surface area contributed by atoms with Crippen molar-refractivity contribution in [2.75, 3.05) is 5.32 Å². The van der Waals surface area contributed by atoms with Crippen LogP contribution in [0.1, 0.15) is 18.4 Å². The molecule has 2 heterocycles. The van der Waals surface area contributed by atoms with Crippen LogP contribution >= 0.6 is 0 Å². The van der Waals surface area contributed by atoms with Crippen LogP contribution in [0, 0.1) is 0 Å². The molecule has 0 aliphatic rings. The highest BCUT2D eigenvalue weighted by atomic mass is 16.1. The minimum Gasteiger partial charge on any atom is -0.361 e. The Morgan fingerprint density at radius 3 is 2.81 bits per heavy atom. The van der Waals surface area contributed by atoms with Crippen LogP contribution in [0.25, 0.3) is 10.9 Å². The van der Waals surface area contributed by atoms with E-state index in [4.69, 9.17) is 0 Å². The Bertz CT molecular complexity index is 736. The van der Waals surface area contributed by atoms with Crippen molar-refractivity contribution < 1.29 is 4.79 Å². The average molecular weight is 280 g/mol. The second kappa shape index (κ2) is 6.17. The molecule has 3 aromatic rings. The molecule has 21 heavy (non-hydrogen) atoms. The molecule has 0 aliphatic carbocycles. The number of aromatic amines is 1. The number of nitrogens with zero attached hydrogens (tertiary/aromatic N) is 2. The Labute approximate surface area is 122 Å². The molecule has 0 aliphatic heterocycles. The van der Waals surface area contributed by atoms with Gasteiger partial charge in [0.15, 0.2) is 0 Å². The van der Waals surface area contributed by atoms with Gasteiger partial charge in [-0.15, -0.1) is 0 Å². The van der Waals surface area contributed by atoms with E-state index < -0.39 is 0 Å². The summed E-state index contributed by atoms with van der Waals surface area (Å²) < 4.78 is 0. The molecule has 0 saturated heterocycles. The van der Waals surface area contributed by atoms with Gasteiger partial charge in [0.2, 0.25) is 11.9 Å². The molecule has 5 nitrogen and oxygen atoms in total. The normalized spacial score (nSPS) is 10.7. The number of hydrogen-bond donors (Lipinski definition) is 2. The van der Waals surface area contributed by atoms with Crippen molar-refractivity contribution in [2.45, 2.75) is 19.3 Å². The van der Waals surface area contributed by atoms with Gasteiger partial charge in [-0.1, -0.05) is 18.2 Å². The van der Waals surface area contributed by atoms with Crippen molar-refractivity contribution in [2.24, 2.45) is 0 Å². The lowest BCUT2D eigenvalue weighted by Crippen LogP contribution is -2.13. The predicted octanol–water partition coefficient (Wildman–Crippen LogP) is 2.92. The van der Waals surface area contributed by atoms with Crippen LogP contribution in [0.3, 0.4) is 0 Å². The van der Waals surface area contributed by atoms with Crippen LogP contribution in [0.15, 0.2) is 48.9 Å². The van der Waals surface area contributed by atoms with Crippen molar-refractivity contribution in [3.63, 3.8) is 0 Å². The Kier molecular flexibility index (Phi) is 3.91. The highest BCUT2D eigenvalue weighted by Crippen LogP contribution is 2.19. The first kappa shape index (κ1) is 13.3. The first-order valence-electron chi connectivity index (χ1n) is 6.95. The van der Waals surface area contributed by atoms with E-state index in [0.29, 0.717) is 12.4 Å². The number of amides is 1. The lowest BCUT2D eigenvalue weighted by molar-refractivity contribution is -0.116. The van der Waals surface area contributed by atoms with Crippen LogP contribution in [0.2, 0.25) is 0 Å². The van der Waals surface area contributed by atoms with Gasteiger partial charge in [0.1, 0.15) is 0 Å². The fourth-order valence-electron chi connectivity index (χ4n) is 2.33. The molecule has 5 heteroatoms. The maximum Gasteiger partial charge on any atom is 0.229 e. The second-order valence-electron chi connectivity index (χ2n) is 4.83. The molecule has 0 saturated carbocycles. The lowest BCUT2D eigenvalue weighted by Gasteiger charge is -2.03. The number of anilines is 1. The van der Waals surface area contributed by atoms with Crippen molar-refractivity contribution in [3.8, 4) is 0 Å². The summed E-state index contributed by atoms with van der Waals surface area (Å²) in [4.78, 5) is 23.0. The molecule has 0 unspecified atom stereocenters. The minimum absolute atomic E-state index is 0.0546. The van der Waals surface area contributed by atoms with Gasteiger partial charge in [0.05, 0.1) is 0 Å². The van der Waals surface area contributed by atoms with E-state index in [9.17, 15) is 4.79 Å².